The van der Waals surface area contributed by atoms with E-state index in [1.54, 1.807) is 22.7 Å². The molecule has 128 valence electrons. The number of rotatable bonds is 4. The normalized spacial score (nSPS) is 21.7. The van der Waals surface area contributed by atoms with Crippen LogP contribution in [0, 0.1) is 0 Å². The van der Waals surface area contributed by atoms with E-state index < -0.39 is 11.4 Å². The summed E-state index contributed by atoms with van der Waals surface area (Å²) in [5.74, 6) is -0.757. The molecule has 1 fully saturated rings. The van der Waals surface area contributed by atoms with Gasteiger partial charge >= 0.3 is 0 Å². The number of primary amides is 1. The van der Waals surface area contributed by atoms with Crippen molar-refractivity contribution in [2.75, 3.05) is 20.3 Å². The van der Waals surface area contributed by atoms with Crippen LogP contribution in [0.1, 0.15) is 49.8 Å². The maximum absolute atomic E-state index is 13.0. The molecule has 1 atom stereocenters. The lowest BCUT2D eigenvalue weighted by molar-refractivity contribution is -0.130. The van der Waals surface area contributed by atoms with E-state index in [0.717, 1.165) is 12.1 Å². The SMILES string of the molecule is COCC1(C(N)=O)CCCN1C(=O)c1cc(C(C)(C)C)nn1C. The van der Waals surface area contributed by atoms with Crippen LogP contribution in [0.5, 0.6) is 0 Å². The van der Waals surface area contributed by atoms with Gasteiger partial charge in [-0.05, 0) is 18.9 Å². The third kappa shape index (κ3) is 2.97. The van der Waals surface area contributed by atoms with E-state index in [1.165, 1.54) is 7.11 Å². The molecule has 2 N–H and O–H groups in total. The molecule has 0 bridgehead atoms. The fourth-order valence-electron chi connectivity index (χ4n) is 3.06. The van der Waals surface area contributed by atoms with Crippen molar-refractivity contribution in [2.45, 2.75) is 44.6 Å². The highest BCUT2D eigenvalue weighted by molar-refractivity contribution is 5.98. The number of aryl methyl sites for hydroxylation is 1. The predicted octanol–water partition coefficient (Wildman–Crippen LogP) is 0.824. The maximum Gasteiger partial charge on any atom is 0.273 e. The van der Waals surface area contributed by atoms with E-state index in [4.69, 9.17) is 10.5 Å². The lowest BCUT2D eigenvalue weighted by Crippen LogP contribution is -2.59. The molecule has 2 rings (SSSR count). The second-order valence-corrected chi connectivity index (χ2v) is 7.18. The van der Waals surface area contributed by atoms with Crippen LogP contribution < -0.4 is 5.73 Å². The van der Waals surface area contributed by atoms with Crippen molar-refractivity contribution in [2.24, 2.45) is 12.8 Å². The van der Waals surface area contributed by atoms with Gasteiger partial charge in [0, 0.05) is 26.1 Å². The van der Waals surface area contributed by atoms with Crippen LogP contribution in [0.15, 0.2) is 6.07 Å². The number of hydrogen-bond acceptors (Lipinski definition) is 4. The van der Waals surface area contributed by atoms with Gasteiger partial charge in [-0.25, -0.2) is 0 Å². The number of amides is 2. The molecule has 2 heterocycles. The van der Waals surface area contributed by atoms with Crippen LogP contribution in [0.2, 0.25) is 0 Å². The second-order valence-electron chi connectivity index (χ2n) is 7.18. The minimum absolute atomic E-state index is 0.109. The smallest absolute Gasteiger partial charge is 0.273 e. The molecular weight excluding hydrogens is 296 g/mol. The number of aromatic nitrogens is 2. The number of likely N-dealkylation sites (tertiary alicyclic amines) is 1. The summed E-state index contributed by atoms with van der Waals surface area (Å²) < 4.78 is 6.75. The van der Waals surface area contributed by atoms with Crippen molar-refractivity contribution in [3.63, 3.8) is 0 Å². The van der Waals surface area contributed by atoms with Crippen molar-refractivity contribution in [3.8, 4) is 0 Å². The minimum Gasteiger partial charge on any atom is -0.382 e. The highest BCUT2D eigenvalue weighted by Gasteiger charge is 2.49. The standard InChI is InChI=1S/C16H26N4O3/c1-15(2,3)12-9-11(19(4)18-12)13(21)20-8-6-7-16(20,10-23-5)14(17)22/h9H,6-8,10H2,1-5H3,(H2,17,22). The largest absolute Gasteiger partial charge is 0.382 e. The van der Waals surface area contributed by atoms with Crippen LogP contribution in [-0.2, 0) is 22.0 Å². The molecule has 0 spiro atoms. The van der Waals surface area contributed by atoms with Crippen LogP contribution in [-0.4, -0.2) is 52.3 Å². The van der Waals surface area contributed by atoms with Gasteiger partial charge in [-0.15, -0.1) is 0 Å². The third-order valence-corrected chi connectivity index (χ3v) is 4.44. The molecule has 1 unspecified atom stereocenters. The number of methoxy groups -OCH3 is 1. The van der Waals surface area contributed by atoms with Crippen molar-refractivity contribution >= 4 is 11.8 Å². The van der Waals surface area contributed by atoms with Crippen LogP contribution in [0.4, 0.5) is 0 Å². The monoisotopic (exact) mass is 322 g/mol. The van der Waals surface area contributed by atoms with E-state index in [9.17, 15) is 9.59 Å². The highest BCUT2D eigenvalue weighted by Crippen LogP contribution is 2.32. The summed E-state index contributed by atoms with van der Waals surface area (Å²) >= 11 is 0. The van der Waals surface area contributed by atoms with Crippen molar-refractivity contribution in [3.05, 3.63) is 17.5 Å². The lowest BCUT2D eigenvalue weighted by Gasteiger charge is -2.35. The van der Waals surface area contributed by atoms with E-state index in [1.807, 2.05) is 20.8 Å². The summed E-state index contributed by atoms with van der Waals surface area (Å²) in [6.45, 7) is 6.72. The summed E-state index contributed by atoms with van der Waals surface area (Å²) in [4.78, 5) is 26.6. The first kappa shape index (κ1) is 17.5. The Hall–Kier alpha value is -1.89. The van der Waals surface area contributed by atoms with Crippen LogP contribution in [0.25, 0.3) is 0 Å². The first-order valence-electron chi connectivity index (χ1n) is 7.79. The van der Waals surface area contributed by atoms with Crippen molar-refractivity contribution < 1.29 is 14.3 Å². The van der Waals surface area contributed by atoms with Crippen LogP contribution in [0.3, 0.4) is 0 Å². The number of nitrogens with two attached hydrogens (primary N) is 1. The Morgan fingerprint density at radius 3 is 2.57 bits per heavy atom. The molecule has 2 amide bonds. The van der Waals surface area contributed by atoms with E-state index in [2.05, 4.69) is 5.10 Å². The Labute approximate surface area is 136 Å². The van der Waals surface area contributed by atoms with Crippen molar-refractivity contribution in [1.29, 1.82) is 0 Å². The third-order valence-electron chi connectivity index (χ3n) is 4.44. The summed E-state index contributed by atoms with van der Waals surface area (Å²) in [6, 6.07) is 1.79. The molecule has 1 aromatic heterocycles. The molecule has 23 heavy (non-hydrogen) atoms. The molecule has 0 radical (unpaired) electrons. The van der Waals surface area contributed by atoms with Gasteiger partial charge in [0.1, 0.15) is 11.2 Å². The Bertz CT molecular complexity index is 617. The molecule has 1 saturated heterocycles. The Morgan fingerprint density at radius 1 is 1.43 bits per heavy atom. The summed E-state index contributed by atoms with van der Waals surface area (Å²) in [5, 5.41) is 4.43. The number of hydrogen-bond donors (Lipinski definition) is 1. The van der Waals surface area contributed by atoms with Gasteiger partial charge in [0.05, 0.1) is 12.3 Å². The molecule has 0 aromatic carbocycles. The summed E-state index contributed by atoms with van der Waals surface area (Å²) in [5.41, 5.74) is 5.66. The van der Waals surface area contributed by atoms with Crippen molar-refractivity contribution in [1.82, 2.24) is 14.7 Å². The average molecular weight is 322 g/mol. The zero-order valence-electron chi connectivity index (χ0n) is 14.5. The Kier molecular flexibility index (Phi) is 4.52. The molecule has 1 aliphatic heterocycles. The van der Waals surface area contributed by atoms with Gasteiger partial charge in [0.15, 0.2) is 0 Å². The zero-order chi connectivity index (χ0) is 17.4. The van der Waals surface area contributed by atoms with Gasteiger partial charge in [0.25, 0.3) is 5.91 Å². The molecule has 7 heteroatoms. The van der Waals surface area contributed by atoms with E-state index in [-0.39, 0.29) is 17.9 Å². The highest BCUT2D eigenvalue weighted by atomic mass is 16.5. The summed E-state index contributed by atoms with van der Waals surface area (Å²) in [7, 11) is 3.24. The zero-order valence-corrected chi connectivity index (χ0v) is 14.5. The van der Waals surface area contributed by atoms with E-state index in [0.29, 0.717) is 18.7 Å². The molecule has 0 aliphatic carbocycles. The first-order chi connectivity index (χ1) is 10.6. The fourth-order valence-corrected chi connectivity index (χ4v) is 3.06. The quantitative estimate of drug-likeness (QED) is 0.889. The number of ether oxygens (including phenoxy) is 1. The minimum atomic E-state index is -1.07. The number of carbonyl (C=O) groups excluding carboxylic acids is 2. The molecule has 1 aliphatic rings. The van der Waals surface area contributed by atoms with Gasteiger partial charge in [-0.1, -0.05) is 20.8 Å². The first-order valence-corrected chi connectivity index (χ1v) is 7.79. The molecule has 7 nitrogen and oxygen atoms in total. The van der Waals surface area contributed by atoms with Gasteiger partial charge < -0.3 is 15.4 Å². The Balaban J connectivity index is 2.40. The topological polar surface area (TPSA) is 90.4 Å². The lowest BCUT2D eigenvalue weighted by atomic mass is 9.92. The number of nitrogens with zero attached hydrogens (tertiary/aromatic N) is 3. The van der Waals surface area contributed by atoms with Gasteiger partial charge in [0.2, 0.25) is 5.91 Å². The van der Waals surface area contributed by atoms with E-state index >= 15 is 0 Å². The molecule has 0 saturated carbocycles. The summed E-state index contributed by atoms with van der Waals surface area (Å²) in [6.07, 6.45) is 1.24. The average Bonchev–Trinajstić information content (AvgIpc) is 3.02. The fraction of sp³-hybridized carbons (Fsp3) is 0.688. The second kappa shape index (κ2) is 5.96. The van der Waals surface area contributed by atoms with Gasteiger partial charge in [-0.2, -0.15) is 5.10 Å². The molecular formula is C16H26N4O3. The van der Waals surface area contributed by atoms with Gasteiger partial charge in [-0.3, -0.25) is 14.3 Å². The van der Waals surface area contributed by atoms with Crippen LogP contribution >= 0.6 is 0 Å². The Morgan fingerprint density at radius 2 is 2.09 bits per heavy atom. The predicted molar refractivity (Wildman–Crippen MR) is 86.0 cm³/mol. The maximum atomic E-state index is 13.0. The number of carbonyl (C=O) groups is 2. The molecule has 1 aromatic rings.